The molecule has 0 atom stereocenters. The van der Waals surface area contributed by atoms with Gasteiger partial charge in [-0.1, -0.05) is 0 Å². The van der Waals surface area contributed by atoms with Gasteiger partial charge in [0.15, 0.2) is 0 Å². The molecule has 0 aromatic carbocycles. The van der Waals surface area contributed by atoms with Crippen LogP contribution in [0.3, 0.4) is 0 Å². The molecule has 0 spiro atoms. The Morgan fingerprint density at radius 1 is 0.529 bits per heavy atom. The zero-order valence-corrected chi connectivity index (χ0v) is 15.4. The van der Waals surface area contributed by atoms with Crippen molar-refractivity contribution in [2.24, 2.45) is 0 Å². The molecule has 0 radical (unpaired) electrons. The van der Waals surface area contributed by atoms with E-state index in [-0.39, 0.29) is 17.0 Å². The maximum atomic E-state index is 2.39. The molecule has 0 aromatic rings. The van der Waals surface area contributed by atoms with Crippen molar-refractivity contribution in [2.75, 3.05) is 24.6 Å². The van der Waals surface area contributed by atoms with Crippen LogP contribution in [0.2, 0.25) is 0 Å². The third kappa shape index (κ3) is 9.48. The molecule has 2 heteroatoms. The van der Waals surface area contributed by atoms with Crippen LogP contribution in [0, 0.1) is 0 Å². The van der Waals surface area contributed by atoms with Crippen LogP contribution in [0.25, 0.3) is 0 Å². The average molecular weight is 327 g/mol. The van der Waals surface area contributed by atoms with Crippen LogP contribution < -0.4 is 0 Å². The fourth-order valence-corrected chi connectivity index (χ4v) is 8.81. The predicted octanol–water partition coefficient (Wildman–Crippen LogP) is 6.12. The van der Waals surface area contributed by atoms with Crippen LogP contribution in [0.15, 0.2) is 0 Å². The van der Waals surface area contributed by atoms with Crippen LogP contribution in [-0.4, -0.2) is 24.6 Å². The Morgan fingerprint density at radius 2 is 0.882 bits per heavy atom. The van der Waals surface area contributed by atoms with E-state index in [1.54, 1.807) is 24.6 Å². The van der Waals surface area contributed by atoms with Gasteiger partial charge in [-0.2, -0.15) is 0 Å². The van der Waals surface area contributed by atoms with E-state index in [2.05, 4.69) is 27.7 Å². The first kappa shape index (κ1) is 20.2. The average Bonchev–Trinajstić information content (AvgIpc) is 2.31. The predicted molar refractivity (Wildman–Crippen MR) is 93.1 cm³/mol. The molecule has 0 saturated heterocycles. The second kappa shape index (κ2) is 13.3. The van der Waals surface area contributed by atoms with Crippen LogP contribution in [-0.2, 0) is 0 Å². The molecule has 0 N–H and O–H groups in total. The molecule has 0 saturated carbocycles. The Balaban J connectivity index is 0. The Hall–Kier alpha value is 0.910. The molecule has 0 aliphatic heterocycles. The fourth-order valence-electron chi connectivity index (χ4n) is 2.94. The summed E-state index contributed by atoms with van der Waals surface area (Å²) < 4.78 is 0. The summed E-state index contributed by atoms with van der Waals surface area (Å²) in [6, 6.07) is 0. The SMILES string of the molecule is Br.CCCC[PH](CCC)(CCCC)CCCC. The van der Waals surface area contributed by atoms with E-state index < -0.39 is 7.26 Å². The molecular weight excluding hydrogens is 291 g/mol. The van der Waals surface area contributed by atoms with Gasteiger partial charge in [-0.15, -0.1) is 17.0 Å². The number of halogens is 1. The quantitative estimate of drug-likeness (QED) is 0.401. The molecule has 0 aliphatic carbocycles. The molecule has 0 bridgehead atoms. The summed E-state index contributed by atoms with van der Waals surface area (Å²) in [7, 11) is -0.858. The summed E-state index contributed by atoms with van der Waals surface area (Å²) in [6.45, 7) is 9.45. The Labute approximate surface area is 121 Å². The van der Waals surface area contributed by atoms with Crippen LogP contribution in [0.5, 0.6) is 0 Å². The number of hydrogen-bond acceptors (Lipinski definition) is 0. The Bertz CT molecular complexity index is 126. The summed E-state index contributed by atoms with van der Waals surface area (Å²) in [6.07, 6.45) is 16.6. The second-order valence-electron chi connectivity index (χ2n) is 5.56. The fraction of sp³-hybridized carbons (Fsp3) is 1.00. The van der Waals surface area contributed by atoms with Gasteiger partial charge in [-0.3, -0.25) is 0 Å². The van der Waals surface area contributed by atoms with Gasteiger partial charge in [-0.05, 0) is 0 Å². The molecule has 0 aromatic heterocycles. The monoisotopic (exact) mass is 326 g/mol. The van der Waals surface area contributed by atoms with Gasteiger partial charge in [0.2, 0.25) is 0 Å². The van der Waals surface area contributed by atoms with Gasteiger partial charge < -0.3 is 0 Å². The minimum absolute atomic E-state index is 0. The summed E-state index contributed by atoms with van der Waals surface area (Å²) in [4.78, 5) is 0. The van der Waals surface area contributed by atoms with E-state index in [0.29, 0.717) is 0 Å². The first-order valence-corrected chi connectivity index (χ1v) is 10.6. The van der Waals surface area contributed by atoms with E-state index in [0.717, 1.165) is 0 Å². The van der Waals surface area contributed by atoms with Gasteiger partial charge in [0.1, 0.15) is 0 Å². The second-order valence-corrected chi connectivity index (χ2v) is 10.6. The van der Waals surface area contributed by atoms with Gasteiger partial charge in [0, 0.05) is 0 Å². The van der Waals surface area contributed by atoms with E-state index in [9.17, 15) is 0 Å². The van der Waals surface area contributed by atoms with Crippen LogP contribution in [0.1, 0.15) is 72.6 Å². The summed E-state index contributed by atoms with van der Waals surface area (Å²) >= 11 is 0. The van der Waals surface area contributed by atoms with E-state index >= 15 is 0 Å². The summed E-state index contributed by atoms with van der Waals surface area (Å²) in [5.41, 5.74) is 0. The van der Waals surface area contributed by atoms with Crippen molar-refractivity contribution in [2.45, 2.75) is 72.6 Å². The number of hydrogen-bond donors (Lipinski definition) is 0. The number of rotatable bonds is 11. The first-order valence-electron chi connectivity index (χ1n) is 7.74. The molecule has 17 heavy (non-hydrogen) atoms. The van der Waals surface area contributed by atoms with Crippen LogP contribution in [0.4, 0.5) is 0 Å². The normalized spacial score (nSPS) is 12.2. The molecule has 108 valence electrons. The first-order chi connectivity index (χ1) is 7.74. The van der Waals surface area contributed by atoms with Crippen molar-refractivity contribution < 1.29 is 0 Å². The third-order valence-corrected chi connectivity index (χ3v) is 9.77. The van der Waals surface area contributed by atoms with E-state index in [1.807, 2.05) is 0 Å². The molecule has 0 aliphatic rings. The molecule has 0 nitrogen and oxygen atoms in total. The molecule has 0 amide bonds. The summed E-state index contributed by atoms with van der Waals surface area (Å²) in [5.74, 6) is 0. The van der Waals surface area contributed by atoms with E-state index in [4.69, 9.17) is 0 Å². The van der Waals surface area contributed by atoms with Gasteiger partial charge in [0.25, 0.3) is 0 Å². The zero-order valence-electron chi connectivity index (χ0n) is 12.7. The van der Waals surface area contributed by atoms with Gasteiger partial charge in [0.05, 0.1) is 0 Å². The van der Waals surface area contributed by atoms with Crippen molar-refractivity contribution in [3.05, 3.63) is 0 Å². The zero-order chi connectivity index (χ0) is 12.3. The summed E-state index contributed by atoms with van der Waals surface area (Å²) in [5, 5.41) is 0. The molecule has 0 fully saturated rings. The van der Waals surface area contributed by atoms with Crippen molar-refractivity contribution >= 4 is 24.2 Å². The number of unbranched alkanes of at least 4 members (excludes halogenated alkanes) is 3. The van der Waals surface area contributed by atoms with Gasteiger partial charge in [-0.25, -0.2) is 0 Å². The Morgan fingerprint density at radius 3 is 1.12 bits per heavy atom. The minimum atomic E-state index is -0.858. The van der Waals surface area contributed by atoms with Gasteiger partial charge >= 0.3 is 105 Å². The maximum absolute atomic E-state index is 2.39. The molecule has 0 rings (SSSR count). The van der Waals surface area contributed by atoms with Crippen molar-refractivity contribution in [3.63, 3.8) is 0 Å². The third-order valence-electron chi connectivity index (χ3n) is 3.96. The van der Waals surface area contributed by atoms with Crippen LogP contribution >= 0.6 is 24.2 Å². The standard InChI is InChI=1S/C15H35P.BrH/c1-5-9-13-16(12-8-4,14-10-6-2)15-11-7-3;/h16H,5-15H2,1-4H3;1H. The van der Waals surface area contributed by atoms with E-state index in [1.165, 1.54) is 44.9 Å². The van der Waals surface area contributed by atoms with Crippen molar-refractivity contribution in [1.29, 1.82) is 0 Å². The Kier molecular flexibility index (Phi) is 15.9. The molecule has 0 unspecified atom stereocenters. The molecular formula is C15H36BrP. The topological polar surface area (TPSA) is 0 Å². The van der Waals surface area contributed by atoms with Crippen molar-refractivity contribution in [1.82, 2.24) is 0 Å². The van der Waals surface area contributed by atoms with Crippen molar-refractivity contribution in [3.8, 4) is 0 Å². The molecule has 0 heterocycles.